The highest BCUT2D eigenvalue weighted by Crippen LogP contribution is 2.28. The van der Waals surface area contributed by atoms with Crippen LogP contribution in [0.4, 0.5) is 0 Å². The van der Waals surface area contributed by atoms with E-state index in [0.717, 1.165) is 49.5 Å². The van der Waals surface area contributed by atoms with E-state index in [9.17, 15) is 0 Å². The number of halogens is 1. The standard InChI is InChI=1S/C18H33N5O.HI/c1-14(2)17-22-16(24-23-17)11-7-13-21-18(19-3)20-12-6-10-15-8-4-5-9-15;/h14-15H,4-13H2,1-3H3,(H2,19,20,21);1H. The molecule has 1 aromatic heterocycles. The summed E-state index contributed by atoms with van der Waals surface area (Å²) in [6.45, 7) is 5.98. The monoisotopic (exact) mass is 463 g/mol. The van der Waals surface area contributed by atoms with Crippen molar-refractivity contribution >= 4 is 29.9 Å². The van der Waals surface area contributed by atoms with Crippen molar-refractivity contribution in [2.75, 3.05) is 20.1 Å². The topological polar surface area (TPSA) is 75.3 Å². The Labute approximate surface area is 169 Å². The molecule has 1 aliphatic carbocycles. The molecule has 6 nitrogen and oxygen atoms in total. The van der Waals surface area contributed by atoms with Gasteiger partial charge in [0.25, 0.3) is 0 Å². The molecule has 0 amide bonds. The minimum Gasteiger partial charge on any atom is -0.356 e. The molecule has 7 heteroatoms. The van der Waals surface area contributed by atoms with Gasteiger partial charge in [0.2, 0.25) is 5.89 Å². The molecule has 1 aromatic rings. The summed E-state index contributed by atoms with van der Waals surface area (Å²) in [5.41, 5.74) is 0. The van der Waals surface area contributed by atoms with Crippen LogP contribution < -0.4 is 10.6 Å². The van der Waals surface area contributed by atoms with Crippen LogP contribution in [-0.4, -0.2) is 36.2 Å². The molecule has 0 spiro atoms. The highest BCUT2D eigenvalue weighted by Gasteiger charge is 2.14. The Kier molecular flexibility index (Phi) is 11.1. The van der Waals surface area contributed by atoms with Crippen molar-refractivity contribution in [1.29, 1.82) is 0 Å². The van der Waals surface area contributed by atoms with Crippen LogP contribution >= 0.6 is 24.0 Å². The zero-order chi connectivity index (χ0) is 17.2. The number of guanidine groups is 1. The first-order valence-electron chi connectivity index (χ1n) is 9.46. The van der Waals surface area contributed by atoms with Gasteiger partial charge < -0.3 is 15.2 Å². The second-order valence-corrected chi connectivity index (χ2v) is 7.02. The number of rotatable bonds is 9. The Balaban J connectivity index is 0.00000312. The lowest BCUT2D eigenvalue weighted by Crippen LogP contribution is -2.38. The lowest BCUT2D eigenvalue weighted by atomic mass is 10.0. The Morgan fingerprint density at radius 1 is 1.20 bits per heavy atom. The number of aliphatic imine (C=N–C) groups is 1. The average Bonchev–Trinajstić information content (AvgIpc) is 3.25. The maximum atomic E-state index is 5.25. The number of nitrogens with one attached hydrogen (secondary N) is 2. The Bertz CT molecular complexity index is 497. The van der Waals surface area contributed by atoms with Crippen LogP contribution in [0.5, 0.6) is 0 Å². The van der Waals surface area contributed by atoms with Crippen LogP contribution in [-0.2, 0) is 6.42 Å². The van der Waals surface area contributed by atoms with Gasteiger partial charge >= 0.3 is 0 Å². The maximum absolute atomic E-state index is 5.25. The van der Waals surface area contributed by atoms with Crippen LogP contribution in [0.2, 0.25) is 0 Å². The van der Waals surface area contributed by atoms with Gasteiger partial charge in [0, 0.05) is 32.5 Å². The minimum absolute atomic E-state index is 0. The van der Waals surface area contributed by atoms with Gasteiger partial charge in [-0.05, 0) is 25.2 Å². The number of hydrogen-bond acceptors (Lipinski definition) is 4. The molecule has 25 heavy (non-hydrogen) atoms. The molecule has 0 saturated heterocycles. The predicted molar refractivity (Wildman–Crippen MR) is 113 cm³/mol. The zero-order valence-corrected chi connectivity index (χ0v) is 18.2. The largest absolute Gasteiger partial charge is 0.356 e. The van der Waals surface area contributed by atoms with Crippen LogP contribution in [0.1, 0.15) is 76.4 Å². The minimum atomic E-state index is 0. The van der Waals surface area contributed by atoms with Crippen LogP contribution in [0, 0.1) is 5.92 Å². The van der Waals surface area contributed by atoms with Crippen LogP contribution in [0.15, 0.2) is 9.52 Å². The van der Waals surface area contributed by atoms with Crippen molar-refractivity contribution < 1.29 is 4.52 Å². The van der Waals surface area contributed by atoms with E-state index in [4.69, 9.17) is 4.52 Å². The summed E-state index contributed by atoms with van der Waals surface area (Å²) < 4.78 is 5.25. The summed E-state index contributed by atoms with van der Waals surface area (Å²) in [5, 5.41) is 10.7. The van der Waals surface area contributed by atoms with Crippen LogP contribution in [0.3, 0.4) is 0 Å². The second-order valence-electron chi connectivity index (χ2n) is 7.02. The maximum Gasteiger partial charge on any atom is 0.226 e. The number of hydrogen-bond donors (Lipinski definition) is 2. The van der Waals surface area contributed by atoms with Crippen molar-refractivity contribution in [2.24, 2.45) is 10.9 Å². The Morgan fingerprint density at radius 2 is 1.88 bits per heavy atom. The number of aryl methyl sites for hydroxylation is 1. The molecule has 2 rings (SSSR count). The van der Waals surface area contributed by atoms with E-state index in [1.54, 1.807) is 0 Å². The second kappa shape index (κ2) is 12.5. The first-order chi connectivity index (χ1) is 11.7. The lowest BCUT2D eigenvalue weighted by Gasteiger charge is -2.13. The van der Waals surface area contributed by atoms with E-state index in [-0.39, 0.29) is 24.0 Å². The molecule has 144 valence electrons. The lowest BCUT2D eigenvalue weighted by molar-refractivity contribution is 0.368. The van der Waals surface area contributed by atoms with Gasteiger partial charge in [-0.1, -0.05) is 44.7 Å². The summed E-state index contributed by atoms with van der Waals surface area (Å²) in [4.78, 5) is 8.67. The smallest absolute Gasteiger partial charge is 0.226 e. The van der Waals surface area contributed by atoms with Crippen LogP contribution in [0.25, 0.3) is 0 Å². The van der Waals surface area contributed by atoms with Crippen molar-refractivity contribution in [1.82, 2.24) is 20.8 Å². The van der Waals surface area contributed by atoms with E-state index in [0.29, 0.717) is 5.92 Å². The molecule has 0 aromatic carbocycles. The normalized spacial score (nSPS) is 15.4. The molecule has 1 fully saturated rings. The molecule has 0 bridgehead atoms. The highest BCUT2D eigenvalue weighted by molar-refractivity contribution is 14.0. The fourth-order valence-corrected chi connectivity index (χ4v) is 3.17. The highest BCUT2D eigenvalue weighted by atomic mass is 127. The average molecular weight is 463 g/mol. The fraction of sp³-hybridized carbons (Fsp3) is 0.833. The first-order valence-corrected chi connectivity index (χ1v) is 9.46. The fourth-order valence-electron chi connectivity index (χ4n) is 3.17. The van der Waals surface area contributed by atoms with Gasteiger partial charge in [0.1, 0.15) is 0 Å². The van der Waals surface area contributed by atoms with Gasteiger partial charge in [-0.15, -0.1) is 24.0 Å². The van der Waals surface area contributed by atoms with Gasteiger partial charge in [-0.25, -0.2) is 0 Å². The van der Waals surface area contributed by atoms with Crippen molar-refractivity contribution in [3.8, 4) is 0 Å². The van der Waals surface area contributed by atoms with E-state index >= 15 is 0 Å². The Hall–Kier alpha value is -0.860. The molecule has 1 aliphatic rings. The summed E-state index contributed by atoms with van der Waals surface area (Å²) in [5.74, 6) is 3.67. The first kappa shape index (κ1) is 22.2. The molecule has 0 radical (unpaired) electrons. The summed E-state index contributed by atoms with van der Waals surface area (Å²) in [7, 11) is 1.82. The third kappa shape index (κ3) is 8.37. The van der Waals surface area contributed by atoms with E-state index in [1.807, 2.05) is 7.05 Å². The molecule has 1 saturated carbocycles. The third-order valence-electron chi connectivity index (χ3n) is 4.64. The third-order valence-corrected chi connectivity index (χ3v) is 4.64. The summed E-state index contributed by atoms with van der Waals surface area (Å²) >= 11 is 0. The molecular formula is C18H34IN5O. The summed E-state index contributed by atoms with van der Waals surface area (Å²) in [6, 6.07) is 0. The molecule has 1 heterocycles. The summed E-state index contributed by atoms with van der Waals surface area (Å²) in [6.07, 6.45) is 10.0. The quantitative estimate of drug-likeness (QED) is 0.252. The van der Waals surface area contributed by atoms with Crippen molar-refractivity contribution in [3.05, 3.63) is 11.7 Å². The van der Waals surface area contributed by atoms with Crippen molar-refractivity contribution in [2.45, 2.75) is 71.1 Å². The molecule has 0 aliphatic heterocycles. The zero-order valence-electron chi connectivity index (χ0n) is 15.9. The van der Waals surface area contributed by atoms with E-state index < -0.39 is 0 Å². The van der Waals surface area contributed by atoms with Gasteiger partial charge in [0.15, 0.2) is 11.8 Å². The molecule has 2 N–H and O–H groups in total. The van der Waals surface area contributed by atoms with E-state index in [2.05, 4.69) is 39.6 Å². The molecule has 0 unspecified atom stereocenters. The molecule has 0 atom stereocenters. The van der Waals surface area contributed by atoms with Gasteiger partial charge in [-0.2, -0.15) is 4.98 Å². The van der Waals surface area contributed by atoms with E-state index in [1.165, 1.54) is 38.5 Å². The van der Waals surface area contributed by atoms with Crippen molar-refractivity contribution in [3.63, 3.8) is 0 Å². The SMILES string of the molecule is CN=C(NCCCc1nc(C(C)C)no1)NCCCC1CCCC1.I. The number of aromatic nitrogens is 2. The Morgan fingerprint density at radius 3 is 2.48 bits per heavy atom. The molecular weight excluding hydrogens is 429 g/mol. The van der Waals surface area contributed by atoms with Gasteiger partial charge in [-0.3, -0.25) is 4.99 Å². The predicted octanol–water partition coefficient (Wildman–Crippen LogP) is 3.88. The van der Waals surface area contributed by atoms with Gasteiger partial charge in [0.05, 0.1) is 0 Å². The number of nitrogens with zero attached hydrogens (tertiary/aromatic N) is 3.